The lowest BCUT2D eigenvalue weighted by Crippen LogP contribution is -2.55. The van der Waals surface area contributed by atoms with Crippen LogP contribution in [0.1, 0.15) is 12.1 Å². The molecule has 0 saturated carbocycles. The van der Waals surface area contributed by atoms with Crippen LogP contribution in [0.2, 0.25) is 0 Å². The zero-order valence-corrected chi connectivity index (χ0v) is 16.3. The Bertz CT molecular complexity index is 565. The van der Waals surface area contributed by atoms with Crippen LogP contribution in [0.4, 0.5) is 4.79 Å². The van der Waals surface area contributed by atoms with E-state index in [4.69, 9.17) is 4.74 Å². The summed E-state index contributed by atoms with van der Waals surface area (Å²) in [5.74, 6) is 0.405. The van der Waals surface area contributed by atoms with Crippen molar-refractivity contribution in [2.24, 2.45) is 0 Å². The molecule has 1 aliphatic rings. The molecule has 7 nitrogen and oxygen atoms in total. The molecule has 1 aromatic heterocycles. The van der Waals surface area contributed by atoms with E-state index in [1.54, 1.807) is 16.7 Å². The molecule has 0 bridgehead atoms. The summed E-state index contributed by atoms with van der Waals surface area (Å²) in [7, 11) is 1.35. The van der Waals surface area contributed by atoms with E-state index in [0.717, 1.165) is 37.5 Å². The number of nitrogens with one attached hydrogen (secondary N) is 1. The molecule has 1 N–H and O–H groups in total. The second-order valence-corrected chi connectivity index (χ2v) is 7.19. The Balaban J connectivity index is 1.75. The number of hydrogen-bond acceptors (Lipinski definition) is 6. The Hall–Kier alpha value is -1.80. The van der Waals surface area contributed by atoms with Gasteiger partial charge in [-0.15, -0.1) is 0 Å². The summed E-state index contributed by atoms with van der Waals surface area (Å²) in [5, 5.41) is 2.82. The number of rotatable bonds is 8. The molecule has 0 aliphatic carbocycles. The molecular formula is C18H28N4O3S. The second-order valence-electron chi connectivity index (χ2n) is 6.21. The predicted molar refractivity (Wildman–Crippen MR) is 103 cm³/mol. The number of ether oxygens (including phenoxy) is 1. The van der Waals surface area contributed by atoms with E-state index in [1.165, 1.54) is 7.11 Å². The maximum absolute atomic E-state index is 12.4. The van der Waals surface area contributed by atoms with E-state index < -0.39 is 6.04 Å². The molecule has 26 heavy (non-hydrogen) atoms. The van der Waals surface area contributed by atoms with E-state index in [-0.39, 0.29) is 12.0 Å². The molecule has 8 heteroatoms. The van der Waals surface area contributed by atoms with Crippen LogP contribution in [0, 0.1) is 0 Å². The monoisotopic (exact) mass is 380 g/mol. The van der Waals surface area contributed by atoms with Crippen molar-refractivity contribution >= 4 is 23.8 Å². The van der Waals surface area contributed by atoms with Crippen LogP contribution in [0.5, 0.6) is 0 Å². The van der Waals surface area contributed by atoms with Crippen molar-refractivity contribution in [3.8, 4) is 0 Å². The molecule has 1 saturated heterocycles. The number of carbonyl (C=O) groups is 2. The zero-order valence-electron chi connectivity index (χ0n) is 15.5. The van der Waals surface area contributed by atoms with Crippen LogP contribution in [-0.4, -0.2) is 84.7 Å². The number of urea groups is 1. The van der Waals surface area contributed by atoms with Gasteiger partial charge in [-0.1, -0.05) is 6.07 Å². The zero-order chi connectivity index (χ0) is 18.8. The number of carbonyl (C=O) groups excluding carboxylic acids is 2. The first kappa shape index (κ1) is 20.5. The lowest BCUT2D eigenvalue weighted by molar-refractivity contribution is -0.142. The molecule has 1 aromatic rings. The highest BCUT2D eigenvalue weighted by Gasteiger charge is 2.26. The van der Waals surface area contributed by atoms with Crippen LogP contribution in [0.15, 0.2) is 24.4 Å². The fourth-order valence-corrected chi connectivity index (χ4v) is 3.33. The number of thioether (sulfide) groups is 1. The van der Waals surface area contributed by atoms with Crippen molar-refractivity contribution in [3.63, 3.8) is 0 Å². The third kappa shape index (κ3) is 6.49. The van der Waals surface area contributed by atoms with Crippen molar-refractivity contribution < 1.29 is 14.3 Å². The van der Waals surface area contributed by atoms with Gasteiger partial charge in [0.05, 0.1) is 7.11 Å². The number of nitrogens with zero attached hydrogens (tertiary/aromatic N) is 3. The van der Waals surface area contributed by atoms with Crippen molar-refractivity contribution in [3.05, 3.63) is 30.1 Å². The molecule has 0 aromatic carbocycles. The number of methoxy groups -OCH3 is 1. The maximum atomic E-state index is 12.4. The topological polar surface area (TPSA) is 74.8 Å². The first-order chi connectivity index (χ1) is 12.6. The Morgan fingerprint density at radius 1 is 1.31 bits per heavy atom. The minimum Gasteiger partial charge on any atom is -0.467 e. The standard InChI is InChI=1S/C18H28N4O3S/c1-25-17(23)16(7-14-26-2)20-18(24)22-12-10-21(11-13-22)9-6-15-5-3-4-8-19-15/h3-5,8,16H,6-7,9-14H2,1-2H3,(H,20,24)/t16-/m0/s1. The van der Waals surface area contributed by atoms with Crippen LogP contribution in [0.3, 0.4) is 0 Å². The summed E-state index contributed by atoms with van der Waals surface area (Å²) < 4.78 is 4.79. The van der Waals surface area contributed by atoms with Gasteiger partial charge in [0.2, 0.25) is 0 Å². The maximum Gasteiger partial charge on any atom is 0.328 e. The number of amides is 2. The average molecular weight is 381 g/mol. The van der Waals surface area contributed by atoms with Crippen LogP contribution in [-0.2, 0) is 16.0 Å². The lowest BCUT2D eigenvalue weighted by atomic mass is 10.2. The third-order valence-electron chi connectivity index (χ3n) is 4.46. The Labute approximate surface area is 159 Å². The first-order valence-corrected chi connectivity index (χ1v) is 10.3. The summed E-state index contributed by atoms with van der Waals surface area (Å²) in [6, 6.07) is 5.18. The summed E-state index contributed by atoms with van der Waals surface area (Å²) in [4.78, 5) is 32.7. The van der Waals surface area contributed by atoms with E-state index in [0.29, 0.717) is 19.5 Å². The Morgan fingerprint density at radius 2 is 2.08 bits per heavy atom. The van der Waals surface area contributed by atoms with Crippen LogP contribution in [0.25, 0.3) is 0 Å². The molecule has 1 atom stereocenters. The van der Waals surface area contributed by atoms with Crippen molar-refractivity contribution in [2.45, 2.75) is 18.9 Å². The smallest absolute Gasteiger partial charge is 0.328 e. The van der Waals surface area contributed by atoms with Crippen LogP contribution < -0.4 is 5.32 Å². The molecule has 2 amide bonds. The first-order valence-electron chi connectivity index (χ1n) is 8.88. The molecular weight excluding hydrogens is 352 g/mol. The lowest BCUT2D eigenvalue weighted by Gasteiger charge is -2.35. The van der Waals surface area contributed by atoms with Gasteiger partial charge in [0.1, 0.15) is 6.04 Å². The molecule has 144 valence electrons. The molecule has 2 heterocycles. The highest BCUT2D eigenvalue weighted by Crippen LogP contribution is 2.07. The van der Waals surface area contributed by atoms with Gasteiger partial charge in [0, 0.05) is 51.0 Å². The van der Waals surface area contributed by atoms with Crippen molar-refractivity contribution in [2.75, 3.05) is 51.8 Å². The predicted octanol–water partition coefficient (Wildman–Crippen LogP) is 1.25. The molecule has 0 radical (unpaired) electrons. The highest BCUT2D eigenvalue weighted by molar-refractivity contribution is 7.98. The van der Waals surface area contributed by atoms with Gasteiger partial charge in [-0.25, -0.2) is 9.59 Å². The van der Waals surface area contributed by atoms with Gasteiger partial charge < -0.3 is 15.0 Å². The van der Waals surface area contributed by atoms with E-state index in [2.05, 4.69) is 15.2 Å². The van der Waals surface area contributed by atoms with Crippen molar-refractivity contribution in [1.29, 1.82) is 0 Å². The Morgan fingerprint density at radius 3 is 2.69 bits per heavy atom. The summed E-state index contributed by atoms with van der Waals surface area (Å²) in [6.45, 7) is 3.90. The minimum absolute atomic E-state index is 0.189. The summed E-state index contributed by atoms with van der Waals surface area (Å²) in [6.07, 6.45) is 5.27. The van der Waals surface area contributed by atoms with Gasteiger partial charge in [-0.3, -0.25) is 9.88 Å². The van der Waals surface area contributed by atoms with E-state index >= 15 is 0 Å². The van der Waals surface area contributed by atoms with Gasteiger partial charge in [-0.05, 0) is 30.6 Å². The summed E-state index contributed by atoms with van der Waals surface area (Å²) >= 11 is 1.64. The normalized spacial score (nSPS) is 16.2. The number of hydrogen-bond donors (Lipinski definition) is 1. The largest absolute Gasteiger partial charge is 0.467 e. The number of piperazine rings is 1. The number of pyridine rings is 1. The van der Waals surface area contributed by atoms with Gasteiger partial charge in [-0.2, -0.15) is 11.8 Å². The molecule has 2 rings (SSSR count). The van der Waals surface area contributed by atoms with Gasteiger partial charge in [0.25, 0.3) is 0 Å². The second kappa shape index (κ2) is 11.0. The van der Waals surface area contributed by atoms with Crippen LogP contribution >= 0.6 is 11.8 Å². The third-order valence-corrected chi connectivity index (χ3v) is 5.11. The highest BCUT2D eigenvalue weighted by atomic mass is 32.2. The fraction of sp³-hybridized carbons (Fsp3) is 0.611. The summed E-state index contributed by atoms with van der Waals surface area (Å²) in [5.41, 5.74) is 1.09. The van der Waals surface area contributed by atoms with Gasteiger partial charge in [0.15, 0.2) is 0 Å². The minimum atomic E-state index is -0.581. The SMILES string of the molecule is COC(=O)[C@H](CCSC)NC(=O)N1CCN(CCc2ccccn2)CC1. The van der Waals surface area contributed by atoms with E-state index in [1.807, 2.05) is 30.7 Å². The molecule has 1 aliphatic heterocycles. The Kier molecular flexibility index (Phi) is 8.70. The van der Waals surface area contributed by atoms with Crippen molar-refractivity contribution in [1.82, 2.24) is 20.1 Å². The molecule has 0 unspecified atom stereocenters. The fourth-order valence-electron chi connectivity index (χ4n) is 2.86. The molecule has 0 spiro atoms. The van der Waals surface area contributed by atoms with Gasteiger partial charge >= 0.3 is 12.0 Å². The number of esters is 1. The molecule has 1 fully saturated rings. The quantitative estimate of drug-likeness (QED) is 0.684. The average Bonchev–Trinajstić information content (AvgIpc) is 2.70. The number of aromatic nitrogens is 1. The van der Waals surface area contributed by atoms with E-state index in [9.17, 15) is 9.59 Å².